The second kappa shape index (κ2) is 11.5. The summed E-state index contributed by atoms with van der Waals surface area (Å²) in [4.78, 5) is 3.78. The molecule has 0 unspecified atom stereocenters. The van der Waals surface area contributed by atoms with Gasteiger partial charge in [-0.05, 0) is 25.0 Å². The number of nitrogens with zero attached hydrogens (tertiary/aromatic N) is 1. The van der Waals surface area contributed by atoms with E-state index < -0.39 is 83.8 Å². The molecule has 35 heavy (non-hydrogen) atoms. The fraction of sp³-hybridized carbons (Fsp3) is 0.706. The molecule has 0 saturated carbocycles. The van der Waals surface area contributed by atoms with Gasteiger partial charge in [0.15, 0.2) is 0 Å². The van der Waals surface area contributed by atoms with E-state index in [2.05, 4.69) is 4.98 Å². The lowest BCUT2D eigenvalue weighted by molar-refractivity contribution is -0.390. The summed E-state index contributed by atoms with van der Waals surface area (Å²) >= 11 is 0. The van der Waals surface area contributed by atoms with Crippen molar-refractivity contribution < 1.29 is 70.0 Å². The highest BCUT2D eigenvalue weighted by molar-refractivity contribution is 7.87. The lowest BCUT2D eigenvalue weighted by Crippen LogP contribution is -2.68. The molecule has 18 heteroatoms. The van der Waals surface area contributed by atoms with Gasteiger partial charge in [-0.25, -0.2) is 0 Å². The van der Waals surface area contributed by atoms with Gasteiger partial charge in [-0.15, -0.1) is 0 Å². The fourth-order valence-electron chi connectivity index (χ4n) is 2.27. The molecule has 206 valence electrons. The average molecular weight is 563 g/mol. The highest BCUT2D eigenvalue weighted by atomic mass is 32.2. The van der Waals surface area contributed by atoms with Gasteiger partial charge in [0.25, 0.3) is 0 Å². The van der Waals surface area contributed by atoms with Crippen LogP contribution in [0.25, 0.3) is 0 Å². The molecule has 0 spiro atoms. The maximum absolute atomic E-state index is 13.4. The number of unbranched alkanes of at least 4 members (excludes halogenated alkanes) is 3. The first kappa shape index (κ1) is 33.1. The predicted octanol–water partition coefficient (Wildman–Crippen LogP) is 6.99. The molecular weight excluding hydrogens is 545 g/mol. The summed E-state index contributed by atoms with van der Waals surface area (Å²) in [5.41, 5.74) is 0. The van der Waals surface area contributed by atoms with E-state index in [9.17, 15) is 65.5 Å². The van der Waals surface area contributed by atoms with E-state index in [-0.39, 0.29) is 0 Å². The number of hydrogen-bond acceptors (Lipinski definition) is 3. The molecule has 0 atom stereocenters. The molecule has 0 saturated heterocycles. The Bertz CT molecular complexity index is 848. The minimum absolute atomic E-state index is 0.478. The number of hydrogen-bond donors (Lipinski definition) is 1. The summed E-state index contributed by atoms with van der Waals surface area (Å²) in [5.74, 6) is -28.6. The predicted molar refractivity (Wildman–Crippen MR) is 94.3 cm³/mol. The zero-order valence-corrected chi connectivity index (χ0v) is 18.0. The Morgan fingerprint density at radius 2 is 1.03 bits per heavy atom. The number of aromatic nitrogens is 1. The number of alkyl halides is 13. The molecule has 0 amide bonds. The van der Waals surface area contributed by atoms with Crippen molar-refractivity contribution >= 4 is 10.1 Å². The minimum atomic E-state index is -7.66. The van der Waals surface area contributed by atoms with Gasteiger partial charge < -0.3 is 0 Å². The summed E-state index contributed by atoms with van der Waals surface area (Å²) < 4.78 is 196. The van der Waals surface area contributed by atoms with Crippen molar-refractivity contribution in [1.29, 1.82) is 0 Å². The second-order valence-corrected chi connectivity index (χ2v) is 8.44. The number of rotatable bonds is 11. The molecule has 1 heterocycles. The molecule has 1 aromatic rings. The van der Waals surface area contributed by atoms with Crippen LogP contribution in [0.15, 0.2) is 30.6 Å². The quantitative estimate of drug-likeness (QED) is 0.179. The lowest BCUT2D eigenvalue weighted by Gasteiger charge is -2.38. The van der Waals surface area contributed by atoms with E-state index >= 15 is 0 Å². The highest BCUT2D eigenvalue weighted by Gasteiger charge is 2.88. The van der Waals surface area contributed by atoms with Crippen LogP contribution in [0.2, 0.25) is 0 Å². The van der Waals surface area contributed by atoms with Crippen molar-refractivity contribution in [2.75, 3.05) is 0 Å². The van der Waals surface area contributed by atoms with Crippen LogP contribution in [-0.2, 0) is 10.1 Å². The third-order valence-electron chi connectivity index (χ3n) is 4.21. The molecule has 1 rings (SSSR count). The van der Waals surface area contributed by atoms with Crippen LogP contribution < -0.4 is 0 Å². The first-order valence-corrected chi connectivity index (χ1v) is 10.7. The molecular formula is C17H18F13NO3S. The fourth-order valence-corrected chi connectivity index (χ4v) is 2.72. The molecule has 0 aliphatic carbocycles. The van der Waals surface area contributed by atoms with Crippen molar-refractivity contribution in [3.63, 3.8) is 0 Å². The molecule has 1 aromatic heterocycles. The van der Waals surface area contributed by atoms with E-state index in [4.69, 9.17) is 4.55 Å². The van der Waals surface area contributed by atoms with Gasteiger partial charge in [-0.1, -0.05) is 18.9 Å². The third kappa shape index (κ3) is 8.08. The van der Waals surface area contributed by atoms with Crippen molar-refractivity contribution in [3.8, 4) is 0 Å². The maximum atomic E-state index is 13.4. The highest BCUT2D eigenvalue weighted by Crippen LogP contribution is 2.58. The van der Waals surface area contributed by atoms with E-state index in [0.29, 0.717) is 0 Å². The molecule has 0 aliphatic heterocycles. The summed E-state index contributed by atoms with van der Waals surface area (Å²) in [6, 6.07) is 5.72. The Morgan fingerprint density at radius 3 is 1.34 bits per heavy atom. The first-order chi connectivity index (χ1) is 15.5. The molecule has 0 fully saturated rings. The first-order valence-electron chi connectivity index (χ1n) is 9.23. The van der Waals surface area contributed by atoms with Gasteiger partial charge in [0, 0.05) is 25.2 Å². The lowest BCUT2D eigenvalue weighted by atomic mass is 9.94. The molecule has 0 radical (unpaired) electrons. The molecule has 0 bridgehead atoms. The SMILES string of the molecule is O=S(=O)(O)C(F)(F)C(F)(F)C(F)(F)C(F)(F)C(F)(F)CCCCCCC(F)(F)F.c1ccncc1. The zero-order valence-electron chi connectivity index (χ0n) is 17.2. The normalized spacial score (nSPS) is 14.3. The van der Waals surface area contributed by atoms with Crippen LogP contribution >= 0.6 is 0 Å². The summed E-state index contributed by atoms with van der Waals surface area (Å²) in [5, 5.41) is -7.25. The van der Waals surface area contributed by atoms with Crippen LogP contribution in [0.5, 0.6) is 0 Å². The topological polar surface area (TPSA) is 67.3 Å². The molecule has 0 aromatic carbocycles. The smallest absolute Gasteiger partial charge is 0.281 e. The van der Waals surface area contributed by atoms with Gasteiger partial charge in [0.2, 0.25) is 0 Å². The van der Waals surface area contributed by atoms with E-state index in [1.807, 2.05) is 18.2 Å². The second-order valence-electron chi connectivity index (χ2n) is 6.97. The van der Waals surface area contributed by atoms with E-state index in [0.717, 1.165) is 0 Å². The van der Waals surface area contributed by atoms with E-state index in [1.54, 1.807) is 12.4 Å². The van der Waals surface area contributed by atoms with Crippen molar-refractivity contribution in [3.05, 3.63) is 30.6 Å². The van der Waals surface area contributed by atoms with Crippen LogP contribution in [0.3, 0.4) is 0 Å². The summed E-state index contributed by atoms with van der Waals surface area (Å²) in [7, 11) is -7.42. The van der Waals surface area contributed by atoms with Crippen molar-refractivity contribution in [2.24, 2.45) is 0 Å². The van der Waals surface area contributed by atoms with Crippen molar-refractivity contribution in [2.45, 2.75) is 73.6 Å². The molecule has 1 N–H and O–H groups in total. The number of halogens is 13. The Labute approximate surface area is 190 Å². The van der Waals surface area contributed by atoms with Gasteiger partial charge in [0.1, 0.15) is 0 Å². The Hall–Kier alpha value is -1.85. The van der Waals surface area contributed by atoms with Crippen molar-refractivity contribution in [1.82, 2.24) is 4.98 Å². The largest absolute Gasteiger partial charge is 0.438 e. The van der Waals surface area contributed by atoms with Crippen LogP contribution in [0.4, 0.5) is 57.1 Å². The maximum Gasteiger partial charge on any atom is 0.438 e. The monoisotopic (exact) mass is 563 g/mol. The van der Waals surface area contributed by atoms with Gasteiger partial charge >= 0.3 is 45.2 Å². The Balaban J connectivity index is 0.00000166. The third-order valence-corrected chi connectivity index (χ3v) is 5.11. The van der Waals surface area contributed by atoms with Gasteiger partial charge in [0.05, 0.1) is 0 Å². The minimum Gasteiger partial charge on any atom is -0.281 e. The molecule has 4 nitrogen and oxygen atoms in total. The molecule has 0 aliphatic rings. The standard InChI is InChI=1S/C12H13F13O3S.C5H5N/c13-7(14,5-3-1-2-4-6-8(15,16)17)9(18,19)10(20,21)11(22,23)12(24,25)29(26,27)28;1-2-4-6-5-3-1/h1-6H2,(H,26,27,28);1-5H. The number of pyridine rings is 1. The van der Waals surface area contributed by atoms with Crippen LogP contribution in [0.1, 0.15) is 38.5 Å². The summed E-state index contributed by atoms with van der Waals surface area (Å²) in [6.45, 7) is 0. The van der Waals surface area contributed by atoms with Gasteiger partial charge in [-0.3, -0.25) is 9.54 Å². The average Bonchev–Trinajstić information content (AvgIpc) is 2.70. The Kier molecular flexibility index (Phi) is 10.9. The summed E-state index contributed by atoms with van der Waals surface area (Å²) in [6.07, 6.45) is -7.72. The van der Waals surface area contributed by atoms with E-state index in [1.165, 1.54) is 0 Å². The van der Waals surface area contributed by atoms with Crippen LogP contribution in [0, 0.1) is 0 Å². The zero-order chi connectivity index (χ0) is 28.0. The Morgan fingerprint density at radius 1 is 0.600 bits per heavy atom. The van der Waals surface area contributed by atoms with Gasteiger partial charge in [-0.2, -0.15) is 65.5 Å². The van der Waals surface area contributed by atoms with Crippen LogP contribution in [-0.4, -0.2) is 53.1 Å².